The normalized spacial score (nSPS) is 11.7. The Hall–Kier alpha value is -1.44. The molecule has 0 aromatic rings. The van der Waals surface area contributed by atoms with Crippen molar-refractivity contribution in [3.63, 3.8) is 0 Å². The van der Waals surface area contributed by atoms with Gasteiger partial charge in [-0.2, -0.15) is 11.8 Å². The highest BCUT2D eigenvalue weighted by atomic mass is 32.2. The zero-order valence-electron chi connectivity index (χ0n) is 11.6. The van der Waals surface area contributed by atoms with Crippen molar-refractivity contribution in [1.82, 2.24) is 10.6 Å². The molecule has 2 amide bonds. The SMILES string of the molecule is CSCCCCCCNC(=O)NC(CC(=O)O)C(=O)O. The zero-order chi connectivity index (χ0) is 15.4. The Labute approximate surface area is 122 Å². The van der Waals surface area contributed by atoms with E-state index in [9.17, 15) is 14.4 Å². The highest BCUT2D eigenvalue weighted by Crippen LogP contribution is 2.03. The lowest BCUT2D eigenvalue weighted by Gasteiger charge is -2.13. The van der Waals surface area contributed by atoms with Gasteiger partial charge < -0.3 is 20.8 Å². The van der Waals surface area contributed by atoms with Crippen LogP contribution in [0.5, 0.6) is 0 Å². The van der Waals surface area contributed by atoms with Crippen LogP contribution < -0.4 is 10.6 Å². The van der Waals surface area contributed by atoms with Gasteiger partial charge in [-0.15, -0.1) is 0 Å². The van der Waals surface area contributed by atoms with Gasteiger partial charge in [0.1, 0.15) is 6.04 Å². The maximum Gasteiger partial charge on any atom is 0.326 e. The number of aliphatic carboxylic acids is 2. The molecule has 7 nitrogen and oxygen atoms in total. The van der Waals surface area contributed by atoms with Crippen LogP contribution in [-0.2, 0) is 9.59 Å². The van der Waals surface area contributed by atoms with E-state index in [4.69, 9.17) is 10.2 Å². The molecule has 0 rings (SSSR count). The summed E-state index contributed by atoms with van der Waals surface area (Å²) in [5.41, 5.74) is 0. The quantitative estimate of drug-likeness (QED) is 0.425. The fourth-order valence-electron chi connectivity index (χ4n) is 1.51. The number of carbonyl (C=O) groups is 3. The van der Waals surface area contributed by atoms with Crippen LogP contribution in [0, 0.1) is 0 Å². The standard InChI is InChI=1S/C12H22N2O5S/c1-20-7-5-3-2-4-6-13-12(19)14-9(11(17)18)8-10(15)16/h9H,2-8H2,1H3,(H,15,16)(H,17,18)(H2,13,14,19). The number of hydrogen-bond acceptors (Lipinski definition) is 4. The van der Waals surface area contributed by atoms with Crippen LogP contribution in [-0.4, -0.2) is 52.8 Å². The molecule has 0 aliphatic rings. The topological polar surface area (TPSA) is 116 Å². The predicted octanol–water partition coefficient (Wildman–Crippen LogP) is 1.14. The fourth-order valence-corrected chi connectivity index (χ4v) is 2.00. The summed E-state index contributed by atoms with van der Waals surface area (Å²) in [7, 11) is 0. The Bertz CT molecular complexity index is 325. The molecule has 116 valence electrons. The summed E-state index contributed by atoms with van der Waals surface area (Å²) in [6.07, 6.45) is 5.48. The number of unbranched alkanes of at least 4 members (excludes halogenated alkanes) is 3. The number of amides is 2. The number of urea groups is 1. The molecular formula is C12H22N2O5S. The molecule has 0 radical (unpaired) electrons. The number of rotatable bonds is 11. The number of nitrogens with one attached hydrogen (secondary N) is 2. The average Bonchev–Trinajstić information content (AvgIpc) is 2.36. The molecule has 0 saturated carbocycles. The molecule has 0 spiro atoms. The molecule has 0 aromatic carbocycles. The van der Waals surface area contributed by atoms with Gasteiger partial charge in [0.15, 0.2) is 0 Å². The summed E-state index contributed by atoms with van der Waals surface area (Å²) < 4.78 is 0. The highest BCUT2D eigenvalue weighted by Gasteiger charge is 2.22. The van der Waals surface area contributed by atoms with Crippen LogP contribution in [0.25, 0.3) is 0 Å². The van der Waals surface area contributed by atoms with E-state index < -0.39 is 30.4 Å². The van der Waals surface area contributed by atoms with Gasteiger partial charge >= 0.3 is 18.0 Å². The van der Waals surface area contributed by atoms with Gasteiger partial charge in [-0.05, 0) is 24.9 Å². The van der Waals surface area contributed by atoms with Crippen LogP contribution in [0.15, 0.2) is 0 Å². The maximum atomic E-state index is 11.4. The number of thioether (sulfide) groups is 1. The third-order valence-corrected chi connectivity index (χ3v) is 3.24. The molecule has 0 saturated heterocycles. The molecule has 4 N–H and O–H groups in total. The predicted molar refractivity (Wildman–Crippen MR) is 77.1 cm³/mol. The molecule has 0 aliphatic heterocycles. The molecule has 0 heterocycles. The summed E-state index contributed by atoms with van der Waals surface area (Å²) in [6, 6.07) is -2.06. The van der Waals surface area contributed by atoms with Crippen LogP contribution in [0.1, 0.15) is 32.1 Å². The first-order valence-electron chi connectivity index (χ1n) is 6.45. The van der Waals surface area contributed by atoms with Gasteiger partial charge in [-0.1, -0.05) is 12.8 Å². The number of carbonyl (C=O) groups excluding carboxylic acids is 1. The molecule has 1 unspecified atom stereocenters. The van der Waals surface area contributed by atoms with E-state index in [1.165, 1.54) is 0 Å². The first-order valence-corrected chi connectivity index (χ1v) is 7.84. The number of carboxylic acid groups (broad SMARTS) is 2. The van der Waals surface area contributed by atoms with Crippen LogP contribution in [0.2, 0.25) is 0 Å². The fraction of sp³-hybridized carbons (Fsp3) is 0.750. The lowest BCUT2D eigenvalue weighted by molar-refractivity contribution is -0.145. The summed E-state index contributed by atoms with van der Waals surface area (Å²) in [4.78, 5) is 32.6. The Morgan fingerprint density at radius 2 is 1.75 bits per heavy atom. The summed E-state index contributed by atoms with van der Waals surface area (Å²) in [6.45, 7) is 0.449. The van der Waals surface area contributed by atoms with E-state index in [1.807, 2.05) is 0 Å². The van der Waals surface area contributed by atoms with Crippen molar-refractivity contribution in [2.45, 2.75) is 38.1 Å². The highest BCUT2D eigenvalue weighted by molar-refractivity contribution is 7.98. The Morgan fingerprint density at radius 3 is 2.30 bits per heavy atom. The Kier molecular flexibility index (Phi) is 10.6. The molecule has 20 heavy (non-hydrogen) atoms. The minimum absolute atomic E-state index is 0.449. The Morgan fingerprint density at radius 1 is 1.10 bits per heavy atom. The number of carboxylic acids is 2. The third kappa shape index (κ3) is 10.5. The van der Waals surface area contributed by atoms with Crippen molar-refractivity contribution in [1.29, 1.82) is 0 Å². The molecule has 1 atom stereocenters. The summed E-state index contributed by atoms with van der Waals surface area (Å²) >= 11 is 1.80. The third-order valence-electron chi connectivity index (χ3n) is 2.54. The van der Waals surface area contributed by atoms with Crippen molar-refractivity contribution in [2.24, 2.45) is 0 Å². The number of hydrogen-bond donors (Lipinski definition) is 4. The largest absolute Gasteiger partial charge is 0.481 e. The first-order chi connectivity index (χ1) is 9.47. The molecule has 0 fully saturated rings. The zero-order valence-corrected chi connectivity index (χ0v) is 12.4. The molecule has 0 aliphatic carbocycles. The molecule has 8 heteroatoms. The van der Waals surface area contributed by atoms with Gasteiger partial charge in [0.25, 0.3) is 0 Å². The smallest absolute Gasteiger partial charge is 0.326 e. The van der Waals surface area contributed by atoms with E-state index >= 15 is 0 Å². The van der Waals surface area contributed by atoms with Crippen LogP contribution in [0.4, 0.5) is 4.79 Å². The van der Waals surface area contributed by atoms with Crippen molar-refractivity contribution in [2.75, 3.05) is 18.6 Å². The molecule has 0 bridgehead atoms. The minimum atomic E-state index is -1.41. The second-order valence-electron chi connectivity index (χ2n) is 4.30. The van der Waals surface area contributed by atoms with Crippen molar-refractivity contribution in [3.8, 4) is 0 Å². The van der Waals surface area contributed by atoms with E-state index in [1.54, 1.807) is 11.8 Å². The second-order valence-corrected chi connectivity index (χ2v) is 5.28. The van der Waals surface area contributed by atoms with Gasteiger partial charge in [-0.25, -0.2) is 9.59 Å². The van der Waals surface area contributed by atoms with Crippen molar-refractivity contribution in [3.05, 3.63) is 0 Å². The second kappa shape index (κ2) is 11.4. The molecule has 0 aromatic heterocycles. The Balaban J connectivity index is 3.75. The van der Waals surface area contributed by atoms with Crippen LogP contribution >= 0.6 is 11.8 Å². The van der Waals surface area contributed by atoms with Gasteiger partial charge in [0, 0.05) is 6.54 Å². The summed E-state index contributed by atoms with van der Waals surface area (Å²) in [5, 5.41) is 21.9. The lowest BCUT2D eigenvalue weighted by atomic mass is 10.2. The van der Waals surface area contributed by atoms with Gasteiger partial charge in [0.2, 0.25) is 0 Å². The van der Waals surface area contributed by atoms with Crippen molar-refractivity contribution >= 4 is 29.7 Å². The minimum Gasteiger partial charge on any atom is -0.481 e. The van der Waals surface area contributed by atoms with Crippen molar-refractivity contribution < 1.29 is 24.6 Å². The summed E-state index contributed by atoms with van der Waals surface area (Å²) in [5.74, 6) is -1.50. The van der Waals surface area contributed by atoms with E-state index in [2.05, 4.69) is 16.9 Å². The molecular weight excluding hydrogens is 284 g/mol. The van der Waals surface area contributed by atoms with E-state index in [0.717, 1.165) is 31.4 Å². The average molecular weight is 306 g/mol. The van der Waals surface area contributed by atoms with E-state index in [-0.39, 0.29) is 0 Å². The monoisotopic (exact) mass is 306 g/mol. The van der Waals surface area contributed by atoms with Gasteiger partial charge in [-0.3, -0.25) is 4.79 Å². The lowest BCUT2D eigenvalue weighted by Crippen LogP contribution is -2.47. The van der Waals surface area contributed by atoms with Crippen LogP contribution in [0.3, 0.4) is 0 Å². The van der Waals surface area contributed by atoms with Gasteiger partial charge in [0.05, 0.1) is 6.42 Å². The maximum absolute atomic E-state index is 11.4. The first kappa shape index (κ1) is 18.6. The van der Waals surface area contributed by atoms with E-state index in [0.29, 0.717) is 6.54 Å².